The molecular weight excluding hydrogens is 314 g/mol. The molecule has 2 nitrogen and oxygen atoms in total. The lowest BCUT2D eigenvalue weighted by atomic mass is 10.1. The summed E-state index contributed by atoms with van der Waals surface area (Å²) in [6.07, 6.45) is 5.10. The van der Waals surface area contributed by atoms with Gasteiger partial charge in [-0.05, 0) is 24.5 Å². The van der Waals surface area contributed by atoms with Crippen LogP contribution in [0.5, 0.6) is 0 Å². The molecule has 1 aromatic rings. The summed E-state index contributed by atoms with van der Waals surface area (Å²) >= 11 is 3.52. The molecule has 1 unspecified atom stereocenters. The first-order chi connectivity index (χ1) is 9.52. The molecule has 0 fully saturated rings. The van der Waals surface area contributed by atoms with Gasteiger partial charge in [0.1, 0.15) is 12.4 Å². The molecule has 0 aromatic heterocycles. The Bertz CT molecular complexity index is 491. The van der Waals surface area contributed by atoms with Crippen LogP contribution in [0.15, 0.2) is 52.7 Å². The summed E-state index contributed by atoms with van der Waals surface area (Å²) in [5.41, 5.74) is 1.53. The van der Waals surface area contributed by atoms with E-state index in [9.17, 15) is 0 Å². The molecule has 108 valence electrons. The number of rotatable bonds is 7. The van der Waals surface area contributed by atoms with E-state index in [1.165, 1.54) is 0 Å². The van der Waals surface area contributed by atoms with E-state index >= 15 is 0 Å². The molecule has 0 bridgehead atoms. The molecule has 1 aromatic carbocycles. The van der Waals surface area contributed by atoms with Crippen LogP contribution in [0.3, 0.4) is 0 Å². The highest BCUT2D eigenvalue weighted by atomic mass is 79.9. The van der Waals surface area contributed by atoms with Crippen molar-refractivity contribution in [2.24, 2.45) is 5.92 Å². The van der Waals surface area contributed by atoms with Gasteiger partial charge < -0.3 is 10.1 Å². The Hall–Kier alpha value is -1.35. The standard InChI is InChI=1S/C17H22BrNO/c1-4-13(2)10-16(18)11-17(14(3)19)20-12-15-8-6-5-7-9-15/h5-11,13,19H,4,12H2,1-3H3/b16-10+,17-11+,19-14?. The minimum absolute atomic E-state index is 0.426. The second kappa shape index (κ2) is 8.75. The second-order valence-electron chi connectivity index (χ2n) is 4.84. The summed E-state index contributed by atoms with van der Waals surface area (Å²) in [7, 11) is 0. The molecule has 20 heavy (non-hydrogen) atoms. The van der Waals surface area contributed by atoms with Crippen molar-refractivity contribution in [2.75, 3.05) is 0 Å². The van der Waals surface area contributed by atoms with Crippen LogP contribution in [-0.2, 0) is 11.3 Å². The fourth-order valence-corrected chi connectivity index (χ4v) is 2.22. The first-order valence-corrected chi connectivity index (χ1v) is 7.63. The van der Waals surface area contributed by atoms with Gasteiger partial charge in [-0.15, -0.1) is 0 Å². The smallest absolute Gasteiger partial charge is 0.141 e. The highest BCUT2D eigenvalue weighted by Gasteiger charge is 2.04. The van der Waals surface area contributed by atoms with Crippen molar-refractivity contribution in [1.29, 1.82) is 5.41 Å². The van der Waals surface area contributed by atoms with Crippen LogP contribution in [0.1, 0.15) is 32.8 Å². The Morgan fingerprint density at radius 3 is 2.55 bits per heavy atom. The summed E-state index contributed by atoms with van der Waals surface area (Å²) in [5, 5.41) is 7.80. The molecule has 0 saturated heterocycles. The van der Waals surface area contributed by atoms with Crippen molar-refractivity contribution in [3.05, 3.63) is 58.3 Å². The van der Waals surface area contributed by atoms with E-state index in [0.717, 1.165) is 16.5 Å². The minimum Gasteiger partial charge on any atom is -0.487 e. The molecule has 0 saturated carbocycles. The summed E-state index contributed by atoms with van der Waals surface area (Å²) in [6, 6.07) is 9.98. The molecule has 1 atom stereocenters. The number of hydrogen-bond donors (Lipinski definition) is 1. The third kappa shape index (κ3) is 6.20. The summed E-state index contributed by atoms with van der Waals surface area (Å²) in [4.78, 5) is 0. The van der Waals surface area contributed by atoms with E-state index in [0.29, 0.717) is 24.0 Å². The van der Waals surface area contributed by atoms with Gasteiger partial charge >= 0.3 is 0 Å². The second-order valence-corrected chi connectivity index (χ2v) is 5.76. The molecule has 1 rings (SSSR count). The molecule has 0 radical (unpaired) electrons. The van der Waals surface area contributed by atoms with Crippen LogP contribution in [-0.4, -0.2) is 5.71 Å². The fourth-order valence-electron chi connectivity index (χ4n) is 1.56. The van der Waals surface area contributed by atoms with Crippen LogP contribution < -0.4 is 0 Å². The lowest BCUT2D eigenvalue weighted by molar-refractivity contribution is 0.217. The number of ether oxygens (including phenoxy) is 1. The Balaban J connectivity index is 2.74. The zero-order valence-corrected chi connectivity index (χ0v) is 13.9. The van der Waals surface area contributed by atoms with Crippen LogP contribution >= 0.6 is 15.9 Å². The fraction of sp³-hybridized carbons (Fsp3) is 0.353. The zero-order chi connectivity index (χ0) is 15.0. The van der Waals surface area contributed by atoms with Gasteiger partial charge in [-0.3, -0.25) is 0 Å². The maximum atomic E-state index is 7.80. The predicted molar refractivity (Wildman–Crippen MR) is 89.2 cm³/mol. The number of benzene rings is 1. The lowest BCUT2D eigenvalue weighted by Crippen LogP contribution is -2.02. The Morgan fingerprint density at radius 2 is 2.00 bits per heavy atom. The number of halogens is 1. The maximum Gasteiger partial charge on any atom is 0.141 e. The van der Waals surface area contributed by atoms with Crippen molar-refractivity contribution in [3.63, 3.8) is 0 Å². The topological polar surface area (TPSA) is 33.1 Å². The van der Waals surface area contributed by atoms with Gasteiger partial charge in [-0.2, -0.15) is 0 Å². The normalized spacial score (nSPS) is 14.0. The van der Waals surface area contributed by atoms with Gasteiger partial charge in [0.25, 0.3) is 0 Å². The summed E-state index contributed by atoms with van der Waals surface area (Å²) in [5.74, 6) is 1.10. The Morgan fingerprint density at radius 1 is 1.35 bits per heavy atom. The summed E-state index contributed by atoms with van der Waals surface area (Å²) in [6.45, 7) is 6.53. The van der Waals surface area contributed by atoms with Gasteiger partial charge in [0.2, 0.25) is 0 Å². The first kappa shape index (κ1) is 16.7. The van der Waals surface area contributed by atoms with E-state index < -0.39 is 0 Å². The summed E-state index contributed by atoms with van der Waals surface area (Å²) < 4.78 is 6.70. The number of allylic oxidation sites excluding steroid dienone is 4. The van der Waals surface area contributed by atoms with Crippen LogP contribution in [0, 0.1) is 11.3 Å². The Kier molecular flexibility index (Phi) is 7.31. The highest BCUT2D eigenvalue weighted by molar-refractivity contribution is 9.11. The van der Waals surface area contributed by atoms with Crippen molar-refractivity contribution in [2.45, 2.75) is 33.8 Å². The van der Waals surface area contributed by atoms with Gasteiger partial charge in [0.15, 0.2) is 0 Å². The van der Waals surface area contributed by atoms with Crippen molar-refractivity contribution < 1.29 is 4.74 Å². The SMILES string of the molecule is CCC(C)/C=C(Br)\C=C(\OCc1ccccc1)C(C)=N. The van der Waals surface area contributed by atoms with E-state index in [2.05, 4.69) is 35.9 Å². The average molecular weight is 336 g/mol. The maximum absolute atomic E-state index is 7.80. The van der Waals surface area contributed by atoms with Crippen LogP contribution in [0.2, 0.25) is 0 Å². The van der Waals surface area contributed by atoms with Gasteiger partial charge in [0, 0.05) is 4.48 Å². The van der Waals surface area contributed by atoms with Crippen molar-refractivity contribution in [3.8, 4) is 0 Å². The molecule has 0 amide bonds. The quantitative estimate of drug-likeness (QED) is 0.401. The largest absolute Gasteiger partial charge is 0.487 e. The van der Waals surface area contributed by atoms with E-state index in [4.69, 9.17) is 10.1 Å². The van der Waals surface area contributed by atoms with E-state index in [1.54, 1.807) is 6.92 Å². The average Bonchev–Trinajstić information content (AvgIpc) is 2.44. The number of hydrogen-bond acceptors (Lipinski definition) is 2. The van der Waals surface area contributed by atoms with Crippen LogP contribution in [0.25, 0.3) is 0 Å². The zero-order valence-electron chi connectivity index (χ0n) is 12.3. The highest BCUT2D eigenvalue weighted by Crippen LogP contribution is 2.17. The third-order valence-corrected chi connectivity index (χ3v) is 3.46. The van der Waals surface area contributed by atoms with Gasteiger partial charge in [0.05, 0.1) is 5.71 Å². The molecule has 0 heterocycles. The minimum atomic E-state index is 0.426. The first-order valence-electron chi connectivity index (χ1n) is 6.84. The predicted octanol–water partition coefficient (Wildman–Crippen LogP) is 5.45. The van der Waals surface area contributed by atoms with Gasteiger partial charge in [-0.25, -0.2) is 0 Å². The molecule has 0 aliphatic heterocycles. The lowest BCUT2D eigenvalue weighted by Gasteiger charge is -2.10. The number of nitrogens with one attached hydrogen (secondary N) is 1. The molecule has 0 spiro atoms. The third-order valence-electron chi connectivity index (χ3n) is 2.96. The van der Waals surface area contributed by atoms with E-state index in [-0.39, 0.29) is 0 Å². The molecule has 0 aliphatic carbocycles. The Labute approximate surface area is 130 Å². The molecule has 0 aliphatic rings. The van der Waals surface area contributed by atoms with Gasteiger partial charge in [-0.1, -0.05) is 72.6 Å². The molecule has 1 N–H and O–H groups in total. The van der Waals surface area contributed by atoms with Crippen LogP contribution in [0.4, 0.5) is 0 Å². The van der Waals surface area contributed by atoms with Crippen molar-refractivity contribution in [1.82, 2.24) is 0 Å². The van der Waals surface area contributed by atoms with Crippen molar-refractivity contribution >= 4 is 21.6 Å². The van der Waals surface area contributed by atoms with E-state index in [1.807, 2.05) is 36.4 Å². The molecular formula is C17H22BrNO. The monoisotopic (exact) mass is 335 g/mol. The molecule has 3 heteroatoms.